The maximum absolute atomic E-state index is 12.1. The molecule has 1 heterocycles. The van der Waals surface area contributed by atoms with Gasteiger partial charge in [-0.3, -0.25) is 4.79 Å². The lowest BCUT2D eigenvalue weighted by molar-refractivity contribution is -0.120. The Balaban J connectivity index is 1.98. The Labute approximate surface area is 158 Å². The molecular weight excluding hydrogens is 372 g/mol. The minimum Gasteiger partial charge on any atom is -0.467 e. The molecule has 10 heteroatoms. The van der Waals surface area contributed by atoms with Gasteiger partial charge in [-0.25, -0.2) is 8.42 Å². The van der Waals surface area contributed by atoms with Crippen molar-refractivity contribution in [2.24, 2.45) is 0 Å². The van der Waals surface area contributed by atoms with Crippen LogP contribution in [0.3, 0.4) is 0 Å². The maximum atomic E-state index is 12.1. The molecule has 1 aromatic carbocycles. The van der Waals surface area contributed by atoms with Crippen LogP contribution >= 0.6 is 0 Å². The van der Waals surface area contributed by atoms with E-state index in [1.54, 1.807) is 26.0 Å². The summed E-state index contributed by atoms with van der Waals surface area (Å²) in [6.07, 6.45) is 0.0986. The maximum Gasteiger partial charge on any atom is 0.322 e. The SMILES string of the molecule is COc1nc(CNC(=O)Cc2ccc(S(=O)(=O)C(C)C)cc2)nc(OC)n1. The molecule has 0 fully saturated rings. The van der Waals surface area contributed by atoms with Crippen LogP contribution < -0.4 is 14.8 Å². The number of hydrogen-bond acceptors (Lipinski definition) is 8. The Kier molecular flexibility index (Phi) is 6.67. The second kappa shape index (κ2) is 8.76. The quantitative estimate of drug-likeness (QED) is 0.702. The first kappa shape index (κ1) is 20.6. The number of aromatic nitrogens is 3. The molecule has 0 saturated carbocycles. The number of nitrogens with zero attached hydrogens (tertiary/aromatic N) is 3. The second-order valence-corrected chi connectivity index (χ2v) is 8.42. The van der Waals surface area contributed by atoms with E-state index >= 15 is 0 Å². The van der Waals surface area contributed by atoms with Crippen LogP contribution in [0.2, 0.25) is 0 Å². The molecule has 0 bridgehead atoms. The summed E-state index contributed by atoms with van der Waals surface area (Å²) in [6, 6.07) is 6.47. The van der Waals surface area contributed by atoms with Crippen molar-refractivity contribution in [1.29, 1.82) is 0 Å². The molecule has 2 aromatic rings. The number of carbonyl (C=O) groups is 1. The van der Waals surface area contributed by atoms with Crippen molar-refractivity contribution in [3.63, 3.8) is 0 Å². The van der Waals surface area contributed by atoms with E-state index in [9.17, 15) is 13.2 Å². The predicted octanol–water partition coefficient (Wildman–Crippen LogP) is 0.930. The number of benzene rings is 1. The van der Waals surface area contributed by atoms with Crippen molar-refractivity contribution in [2.45, 2.75) is 37.0 Å². The third-order valence-corrected chi connectivity index (χ3v) is 5.86. The Morgan fingerprint density at radius 2 is 1.59 bits per heavy atom. The van der Waals surface area contributed by atoms with Gasteiger partial charge in [0.25, 0.3) is 0 Å². The average molecular weight is 394 g/mol. The lowest BCUT2D eigenvalue weighted by Crippen LogP contribution is -2.26. The van der Waals surface area contributed by atoms with Crippen LogP contribution in [0.5, 0.6) is 12.0 Å². The Morgan fingerprint density at radius 3 is 2.07 bits per heavy atom. The van der Waals surface area contributed by atoms with Crippen molar-refractivity contribution >= 4 is 15.7 Å². The van der Waals surface area contributed by atoms with Gasteiger partial charge in [-0.15, -0.1) is 4.98 Å². The number of hydrogen-bond donors (Lipinski definition) is 1. The second-order valence-electron chi connectivity index (χ2n) is 5.92. The van der Waals surface area contributed by atoms with E-state index in [4.69, 9.17) is 9.47 Å². The van der Waals surface area contributed by atoms with E-state index in [2.05, 4.69) is 20.3 Å². The van der Waals surface area contributed by atoms with E-state index in [0.29, 0.717) is 11.4 Å². The highest BCUT2D eigenvalue weighted by atomic mass is 32.2. The van der Waals surface area contributed by atoms with E-state index in [1.165, 1.54) is 26.4 Å². The molecule has 0 aliphatic rings. The number of sulfone groups is 1. The highest BCUT2D eigenvalue weighted by Crippen LogP contribution is 2.16. The van der Waals surface area contributed by atoms with Crippen LogP contribution in [-0.4, -0.2) is 48.7 Å². The minimum atomic E-state index is -3.33. The molecule has 9 nitrogen and oxygen atoms in total. The van der Waals surface area contributed by atoms with Gasteiger partial charge in [0.15, 0.2) is 15.7 Å². The molecule has 0 atom stereocenters. The average Bonchev–Trinajstić information content (AvgIpc) is 2.66. The first-order valence-corrected chi connectivity index (χ1v) is 9.73. The largest absolute Gasteiger partial charge is 0.467 e. The zero-order valence-corrected chi connectivity index (χ0v) is 16.4. The zero-order chi connectivity index (χ0) is 20.0. The van der Waals surface area contributed by atoms with Gasteiger partial charge >= 0.3 is 12.0 Å². The summed E-state index contributed by atoms with van der Waals surface area (Å²) < 4.78 is 34.1. The predicted molar refractivity (Wildman–Crippen MR) is 97.2 cm³/mol. The summed E-state index contributed by atoms with van der Waals surface area (Å²) in [5.74, 6) is 0.0400. The molecule has 0 spiro atoms. The smallest absolute Gasteiger partial charge is 0.322 e. The zero-order valence-electron chi connectivity index (χ0n) is 15.6. The van der Waals surface area contributed by atoms with E-state index in [-0.39, 0.29) is 35.8 Å². The van der Waals surface area contributed by atoms with Crippen LogP contribution in [0.1, 0.15) is 25.2 Å². The van der Waals surface area contributed by atoms with Crippen molar-refractivity contribution in [3.05, 3.63) is 35.7 Å². The van der Waals surface area contributed by atoms with Crippen LogP contribution in [0.15, 0.2) is 29.2 Å². The van der Waals surface area contributed by atoms with Gasteiger partial charge in [-0.1, -0.05) is 12.1 Å². The van der Waals surface area contributed by atoms with Crippen molar-refractivity contribution in [1.82, 2.24) is 20.3 Å². The van der Waals surface area contributed by atoms with Crippen molar-refractivity contribution < 1.29 is 22.7 Å². The fourth-order valence-electron chi connectivity index (χ4n) is 2.13. The molecule has 146 valence electrons. The van der Waals surface area contributed by atoms with Gasteiger partial charge in [-0.05, 0) is 31.5 Å². The van der Waals surface area contributed by atoms with Gasteiger partial charge in [0, 0.05) is 0 Å². The van der Waals surface area contributed by atoms with Gasteiger partial charge in [0.05, 0.1) is 37.3 Å². The van der Waals surface area contributed by atoms with Crippen LogP contribution in [0, 0.1) is 0 Å². The highest BCUT2D eigenvalue weighted by Gasteiger charge is 2.19. The van der Waals surface area contributed by atoms with E-state index in [1.807, 2.05) is 0 Å². The molecule has 1 amide bonds. The molecular formula is C17H22N4O5S. The fraction of sp³-hybridized carbons (Fsp3) is 0.412. The minimum absolute atomic E-state index is 0.0773. The van der Waals surface area contributed by atoms with Crippen molar-refractivity contribution in [2.75, 3.05) is 14.2 Å². The summed E-state index contributed by atoms with van der Waals surface area (Å²) >= 11 is 0. The lowest BCUT2D eigenvalue weighted by Gasteiger charge is -2.09. The Hall–Kier alpha value is -2.75. The number of methoxy groups -OCH3 is 2. The van der Waals surface area contributed by atoms with Crippen LogP contribution in [0.4, 0.5) is 0 Å². The summed E-state index contributed by atoms with van der Waals surface area (Å²) in [5, 5.41) is 2.19. The van der Waals surface area contributed by atoms with E-state index in [0.717, 1.165) is 0 Å². The molecule has 0 saturated heterocycles. The normalized spacial score (nSPS) is 11.3. The number of ether oxygens (including phenoxy) is 2. The number of rotatable bonds is 8. The Morgan fingerprint density at radius 1 is 1.04 bits per heavy atom. The number of nitrogens with one attached hydrogen (secondary N) is 1. The molecule has 0 aliphatic carbocycles. The summed E-state index contributed by atoms with van der Waals surface area (Å²) in [4.78, 5) is 24.3. The summed E-state index contributed by atoms with van der Waals surface area (Å²) in [6.45, 7) is 3.33. The molecule has 27 heavy (non-hydrogen) atoms. The van der Waals surface area contributed by atoms with Crippen LogP contribution in [0.25, 0.3) is 0 Å². The van der Waals surface area contributed by atoms with Gasteiger partial charge in [0.2, 0.25) is 5.91 Å². The number of amides is 1. The highest BCUT2D eigenvalue weighted by molar-refractivity contribution is 7.92. The summed E-state index contributed by atoms with van der Waals surface area (Å²) in [7, 11) is -0.494. The molecule has 0 unspecified atom stereocenters. The monoisotopic (exact) mass is 394 g/mol. The van der Waals surface area contributed by atoms with Gasteiger partial charge in [-0.2, -0.15) is 9.97 Å². The molecule has 0 radical (unpaired) electrons. The molecule has 2 rings (SSSR count). The molecule has 1 aromatic heterocycles. The standard InChI is InChI=1S/C17H22N4O5S/c1-11(2)27(23,24)13-7-5-12(6-8-13)9-15(22)18-10-14-19-16(25-3)21-17(20-14)26-4/h5-8,11H,9-10H2,1-4H3,(H,18,22). The fourth-order valence-corrected chi connectivity index (χ4v) is 3.19. The summed E-state index contributed by atoms with van der Waals surface area (Å²) in [5.41, 5.74) is 0.695. The number of carbonyl (C=O) groups excluding carboxylic acids is 1. The van der Waals surface area contributed by atoms with Gasteiger partial charge in [0.1, 0.15) is 0 Å². The Bertz CT molecular complexity index is 876. The lowest BCUT2D eigenvalue weighted by atomic mass is 10.1. The third kappa shape index (κ3) is 5.36. The first-order chi connectivity index (χ1) is 12.8. The van der Waals surface area contributed by atoms with Crippen molar-refractivity contribution in [3.8, 4) is 12.0 Å². The molecule has 0 aliphatic heterocycles. The third-order valence-electron chi connectivity index (χ3n) is 3.69. The first-order valence-electron chi connectivity index (χ1n) is 8.18. The van der Waals surface area contributed by atoms with Gasteiger partial charge < -0.3 is 14.8 Å². The topological polar surface area (TPSA) is 120 Å². The molecule has 1 N–H and O–H groups in total. The van der Waals surface area contributed by atoms with E-state index < -0.39 is 15.1 Å². The van der Waals surface area contributed by atoms with Crippen LogP contribution in [-0.2, 0) is 27.6 Å².